The van der Waals surface area contributed by atoms with E-state index in [1.807, 2.05) is 25.3 Å². The maximum absolute atomic E-state index is 5.16. The molecule has 0 aliphatic rings. The van der Waals surface area contributed by atoms with Crippen LogP contribution in [0.3, 0.4) is 0 Å². The highest BCUT2D eigenvalue weighted by molar-refractivity contribution is 5.27. The molecule has 0 amide bonds. The van der Waals surface area contributed by atoms with E-state index in [4.69, 9.17) is 4.74 Å². The van der Waals surface area contributed by atoms with Crippen LogP contribution in [0.5, 0.6) is 5.75 Å². The fourth-order valence-corrected chi connectivity index (χ4v) is 2.03. The number of H-pyrrole nitrogens is 1. The molecule has 0 aliphatic heterocycles. The lowest BCUT2D eigenvalue weighted by atomic mass is 10.1. The highest BCUT2D eigenvalue weighted by Crippen LogP contribution is 2.13. The largest absolute Gasteiger partial charge is 0.497 e. The summed E-state index contributed by atoms with van der Waals surface area (Å²) in [6, 6.07) is 8.65. The quantitative estimate of drug-likeness (QED) is 0.837. The van der Waals surface area contributed by atoms with Gasteiger partial charge in [0.05, 0.1) is 13.3 Å². The Bertz CT molecular complexity index is 504. The highest BCUT2D eigenvalue weighted by Gasteiger charge is 2.05. The van der Waals surface area contributed by atoms with E-state index < -0.39 is 0 Å². The van der Waals surface area contributed by atoms with Crippen molar-refractivity contribution in [3.8, 4) is 5.75 Å². The maximum Gasteiger partial charge on any atom is 0.118 e. The van der Waals surface area contributed by atoms with Gasteiger partial charge in [-0.1, -0.05) is 12.1 Å². The minimum Gasteiger partial charge on any atom is -0.497 e. The summed E-state index contributed by atoms with van der Waals surface area (Å²) < 4.78 is 5.16. The topological polar surface area (TPSA) is 49.9 Å². The van der Waals surface area contributed by atoms with E-state index in [9.17, 15) is 0 Å². The number of benzene rings is 1. The monoisotopic (exact) mass is 259 g/mol. The van der Waals surface area contributed by atoms with Crippen molar-refractivity contribution in [2.24, 2.45) is 0 Å². The van der Waals surface area contributed by atoms with Crippen LogP contribution in [-0.4, -0.2) is 23.3 Å². The van der Waals surface area contributed by atoms with E-state index in [1.54, 1.807) is 7.11 Å². The molecule has 2 aromatic rings. The number of rotatable bonds is 6. The van der Waals surface area contributed by atoms with Gasteiger partial charge in [0.25, 0.3) is 0 Å². The zero-order valence-electron chi connectivity index (χ0n) is 11.7. The zero-order valence-corrected chi connectivity index (χ0v) is 11.7. The average molecular weight is 259 g/mol. The molecular weight excluding hydrogens is 238 g/mol. The molecule has 0 bridgehead atoms. The summed E-state index contributed by atoms with van der Waals surface area (Å²) in [6.45, 7) is 5.08. The second kappa shape index (κ2) is 6.38. The SMILES string of the molecule is COc1ccc(CC(C)NCc2cn[nH]c2C)cc1. The van der Waals surface area contributed by atoms with E-state index in [1.165, 1.54) is 11.1 Å². The molecule has 2 rings (SSSR count). The van der Waals surface area contributed by atoms with Crippen LogP contribution in [0.15, 0.2) is 30.5 Å². The predicted molar refractivity (Wildman–Crippen MR) is 76.3 cm³/mol. The first-order chi connectivity index (χ1) is 9.19. The predicted octanol–water partition coefficient (Wildman–Crippen LogP) is 2.45. The number of ether oxygens (including phenoxy) is 1. The normalized spacial score (nSPS) is 12.4. The third-order valence-electron chi connectivity index (χ3n) is 3.28. The molecule has 1 aromatic heterocycles. The van der Waals surface area contributed by atoms with Gasteiger partial charge in [-0.25, -0.2) is 0 Å². The van der Waals surface area contributed by atoms with Crippen molar-refractivity contribution in [1.29, 1.82) is 0 Å². The Kier molecular flexibility index (Phi) is 4.58. The standard InChI is InChI=1S/C15H21N3O/c1-11(16-9-14-10-17-18-12(14)2)8-13-4-6-15(19-3)7-5-13/h4-7,10-11,16H,8-9H2,1-3H3,(H,17,18). The van der Waals surface area contributed by atoms with Crippen LogP contribution in [0.2, 0.25) is 0 Å². The number of methoxy groups -OCH3 is 1. The Morgan fingerprint density at radius 3 is 2.63 bits per heavy atom. The summed E-state index contributed by atoms with van der Waals surface area (Å²) in [7, 11) is 1.69. The second-order valence-electron chi connectivity index (χ2n) is 4.85. The zero-order chi connectivity index (χ0) is 13.7. The Morgan fingerprint density at radius 2 is 2.05 bits per heavy atom. The average Bonchev–Trinajstić information content (AvgIpc) is 2.83. The van der Waals surface area contributed by atoms with Crippen LogP contribution >= 0.6 is 0 Å². The molecule has 0 saturated heterocycles. The molecule has 2 N–H and O–H groups in total. The van der Waals surface area contributed by atoms with Gasteiger partial charge < -0.3 is 10.1 Å². The summed E-state index contributed by atoms with van der Waals surface area (Å²) in [5.74, 6) is 0.901. The van der Waals surface area contributed by atoms with E-state index in [0.29, 0.717) is 6.04 Å². The number of nitrogens with zero attached hydrogens (tertiary/aromatic N) is 1. The van der Waals surface area contributed by atoms with Gasteiger partial charge in [-0.3, -0.25) is 5.10 Å². The van der Waals surface area contributed by atoms with Gasteiger partial charge in [0.2, 0.25) is 0 Å². The van der Waals surface area contributed by atoms with Crippen molar-refractivity contribution in [1.82, 2.24) is 15.5 Å². The first-order valence-corrected chi connectivity index (χ1v) is 6.54. The highest BCUT2D eigenvalue weighted by atomic mass is 16.5. The molecule has 0 aliphatic carbocycles. The lowest BCUT2D eigenvalue weighted by Gasteiger charge is -2.14. The first-order valence-electron chi connectivity index (χ1n) is 6.54. The minimum absolute atomic E-state index is 0.419. The minimum atomic E-state index is 0.419. The Balaban J connectivity index is 1.83. The second-order valence-corrected chi connectivity index (χ2v) is 4.85. The van der Waals surface area contributed by atoms with Gasteiger partial charge in [0, 0.05) is 23.8 Å². The summed E-state index contributed by atoms with van der Waals surface area (Å²) in [6.07, 6.45) is 2.88. The van der Waals surface area contributed by atoms with Crippen LogP contribution in [0.4, 0.5) is 0 Å². The number of nitrogens with one attached hydrogen (secondary N) is 2. The Hall–Kier alpha value is -1.81. The van der Waals surface area contributed by atoms with Gasteiger partial charge in [0.15, 0.2) is 0 Å². The lowest BCUT2D eigenvalue weighted by Crippen LogP contribution is -2.27. The number of aryl methyl sites for hydroxylation is 1. The molecule has 0 saturated carbocycles. The van der Waals surface area contributed by atoms with Crippen molar-refractivity contribution in [3.05, 3.63) is 47.3 Å². The third-order valence-corrected chi connectivity index (χ3v) is 3.28. The molecule has 1 unspecified atom stereocenters. The molecule has 4 heteroatoms. The fraction of sp³-hybridized carbons (Fsp3) is 0.400. The number of hydrogen-bond donors (Lipinski definition) is 2. The van der Waals surface area contributed by atoms with E-state index in [0.717, 1.165) is 24.4 Å². The van der Waals surface area contributed by atoms with Crippen LogP contribution in [0.1, 0.15) is 23.7 Å². The number of hydrogen-bond acceptors (Lipinski definition) is 3. The molecule has 0 radical (unpaired) electrons. The summed E-state index contributed by atoms with van der Waals surface area (Å²) in [5, 5.41) is 10.5. The molecule has 1 heterocycles. The van der Waals surface area contributed by atoms with Crippen molar-refractivity contribution < 1.29 is 4.74 Å². The number of aromatic amines is 1. The summed E-state index contributed by atoms with van der Waals surface area (Å²) in [5.41, 5.74) is 3.66. The summed E-state index contributed by atoms with van der Waals surface area (Å²) >= 11 is 0. The summed E-state index contributed by atoms with van der Waals surface area (Å²) in [4.78, 5) is 0. The Morgan fingerprint density at radius 1 is 1.32 bits per heavy atom. The number of aromatic nitrogens is 2. The fourth-order valence-electron chi connectivity index (χ4n) is 2.03. The molecule has 0 fully saturated rings. The molecule has 4 nitrogen and oxygen atoms in total. The molecule has 0 spiro atoms. The van der Waals surface area contributed by atoms with Gasteiger partial charge in [-0.05, 0) is 38.0 Å². The smallest absolute Gasteiger partial charge is 0.118 e. The van der Waals surface area contributed by atoms with Gasteiger partial charge in [0.1, 0.15) is 5.75 Å². The van der Waals surface area contributed by atoms with E-state index in [2.05, 4.69) is 34.6 Å². The van der Waals surface area contributed by atoms with Gasteiger partial charge in [-0.15, -0.1) is 0 Å². The Labute approximate surface area is 114 Å². The third kappa shape index (κ3) is 3.83. The van der Waals surface area contributed by atoms with Crippen molar-refractivity contribution >= 4 is 0 Å². The first kappa shape index (κ1) is 13.6. The molecule has 102 valence electrons. The van der Waals surface area contributed by atoms with Crippen LogP contribution in [0, 0.1) is 6.92 Å². The van der Waals surface area contributed by atoms with E-state index >= 15 is 0 Å². The van der Waals surface area contributed by atoms with Crippen LogP contribution in [-0.2, 0) is 13.0 Å². The van der Waals surface area contributed by atoms with Crippen molar-refractivity contribution in [2.75, 3.05) is 7.11 Å². The van der Waals surface area contributed by atoms with Gasteiger partial charge >= 0.3 is 0 Å². The maximum atomic E-state index is 5.16. The molecule has 19 heavy (non-hydrogen) atoms. The van der Waals surface area contributed by atoms with Crippen molar-refractivity contribution in [2.45, 2.75) is 32.9 Å². The van der Waals surface area contributed by atoms with E-state index in [-0.39, 0.29) is 0 Å². The molecule has 1 aromatic carbocycles. The van der Waals surface area contributed by atoms with Gasteiger partial charge in [-0.2, -0.15) is 5.10 Å². The van der Waals surface area contributed by atoms with Crippen LogP contribution in [0.25, 0.3) is 0 Å². The molecule has 1 atom stereocenters. The molecular formula is C15H21N3O. The van der Waals surface area contributed by atoms with Crippen molar-refractivity contribution in [3.63, 3.8) is 0 Å². The lowest BCUT2D eigenvalue weighted by molar-refractivity contribution is 0.414. The van der Waals surface area contributed by atoms with Crippen LogP contribution < -0.4 is 10.1 Å².